The maximum absolute atomic E-state index is 14.1. The minimum absolute atomic E-state index is 0.0132. The highest BCUT2D eigenvalue weighted by Gasteiger charge is 2.34. The molecule has 0 saturated heterocycles. The lowest BCUT2D eigenvalue weighted by Crippen LogP contribution is -2.52. The third-order valence-corrected chi connectivity index (χ3v) is 9.10. The Bertz CT molecular complexity index is 1430. The summed E-state index contributed by atoms with van der Waals surface area (Å²) in [7, 11) is -1.33. The Morgan fingerprint density at radius 1 is 0.927 bits per heavy atom. The van der Waals surface area contributed by atoms with Crippen LogP contribution in [0.1, 0.15) is 38.2 Å². The van der Waals surface area contributed by atoms with Crippen LogP contribution in [-0.4, -0.2) is 58.0 Å². The number of benzene rings is 3. The molecule has 1 N–H and O–H groups in total. The monoisotopic (exact) mass is 579 g/mol. The van der Waals surface area contributed by atoms with E-state index in [0.717, 1.165) is 35.6 Å². The summed E-state index contributed by atoms with van der Waals surface area (Å²) in [5.41, 5.74) is 0.963. The molecule has 1 unspecified atom stereocenters. The number of sulfonamides is 1. The van der Waals surface area contributed by atoms with Crippen molar-refractivity contribution in [2.45, 2.75) is 56.1 Å². The Morgan fingerprint density at radius 3 is 2.17 bits per heavy atom. The van der Waals surface area contributed by atoms with E-state index in [0.29, 0.717) is 5.75 Å². The van der Waals surface area contributed by atoms with Gasteiger partial charge in [-0.1, -0.05) is 61.4 Å². The molecular formula is C31H37N3O6S. The minimum atomic E-state index is -4.23. The summed E-state index contributed by atoms with van der Waals surface area (Å²) in [6, 6.07) is 21.2. The maximum Gasteiger partial charge on any atom is 0.264 e. The van der Waals surface area contributed by atoms with Gasteiger partial charge in [-0.15, -0.1) is 0 Å². The first-order valence-corrected chi connectivity index (χ1v) is 15.1. The molecule has 218 valence electrons. The molecule has 1 fully saturated rings. The fourth-order valence-electron chi connectivity index (χ4n) is 4.98. The molecule has 9 nitrogen and oxygen atoms in total. The molecule has 41 heavy (non-hydrogen) atoms. The van der Waals surface area contributed by atoms with E-state index in [1.165, 1.54) is 37.3 Å². The molecule has 0 aliphatic heterocycles. The standard InChI is InChI=1S/C31H37N3O6S/c1-23(31(36)32-25-14-10-11-15-25)33(21-24-12-6-4-7-13-24)30(35)22-34(41(37,38)27-16-8-5-9-17-27)28-20-26(39-2)18-19-29(28)40-3/h4-9,12-13,16-20,23,25H,10-11,14-15,21-22H2,1-3H3,(H,32,36). The van der Waals surface area contributed by atoms with Crippen LogP contribution in [0.5, 0.6) is 11.5 Å². The third kappa shape index (κ3) is 7.18. The lowest BCUT2D eigenvalue weighted by Gasteiger charge is -2.33. The number of nitrogens with one attached hydrogen (secondary N) is 1. The molecule has 3 aromatic carbocycles. The van der Waals surface area contributed by atoms with Crippen molar-refractivity contribution in [3.8, 4) is 11.5 Å². The van der Waals surface area contributed by atoms with Gasteiger partial charge in [-0.25, -0.2) is 8.42 Å². The van der Waals surface area contributed by atoms with Crippen LogP contribution in [0.2, 0.25) is 0 Å². The van der Waals surface area contributed by atoms with E-state index in [2.05, 4.69) is 5.32 Å². The van der Waals surface area contributed by atoms with Crippen molar-refractivity contribution >= 4 is 27.5 Å². The van der Waals surface area contributed by atoms with Crippen molar-refractivity contribution in [1.29, 1.82) is 0 Å². The quantitative estimate of drug-likeness (QED) is 0.342. The maximum atomic E-state index is 14.1. The topological polar surface area (TPSA) is 105 Å². The molecule has 0 bridgehead atoms. The molecule has 10 heteroatoms. The number of methoxy groups -OCH3 is 2. The molecule has 1 atom stereocenters. The molecule has 4 rings (SSSR count). The summed E-state index contributed by atoms with van der Waals surface area (Å²) in [6.45, 7) is 1.25. The van der Waals surface area contributed by atoms with Crippen LogP contribution in [-0.2, 0) is 26.2 Å². The highest BCUT2D eigenvalue weighted by molar-refractivity contribution is 7.92. The van der Waals surface area contributed by atoms with E-state index >= 15 is 0 Å². The van der Waals surface area contributed by atoms with Gasteiger partial charge in [-0.2, -0.15) is 0 Å². The molecule has 3 aromatic rings. The molecule has 0 heterocycles. The van der Waals surface area contributed by atoms with Gasteiger partial charge in [0, 0.05) is 18.7 Å². The number of carbonyl (C=O) groups is 2. The zero-order valence-electron chi connectivity index (χ0n) is 23.7. The second-order valence-electron chi connectivity index (χ2n) is 10.0. The Morgan fingerprint density at radius 2 is 1.56 bits per heavy atom. The summed E-state index contributed by atoms with van der Waals surface area (Å²) < 4.78 is 39.9. The number of hydrogen-bond acceptors (Lipinski definition) is 6. The summed E-state index contributed by atoms with van der Waals surface area (Å²) in [4.78, 5) is 28.9. The van der Waals surface area contributed by atoms with Crippen LogP contribution >= 0.6 is 0 Å². The average molecular weight is 580 g/mol. The number of amides is 2. The van der Waals surface area contributed by atoms with E-state index in [4.69, 9.17) is 9.47 Å². The van der Waals surface area contributed by atoms with Crippen molar-refractivity contribution in [1.82, 2.24) is 10.2 Å². The van der Waals surface area contributed by atoms with Crippen LogP contribution in [0.4, 0.5) is 5.69 Å². The first-order valence-electron chi connectivity index (χ1n) is 13.7. The molecule has 1 aliphatic carbocycles. The predicted octanol–water partition coefficient (Wildman–Crippen LogP) is 4.38. The second kappa shape index (κ2) is 13.5. The van der Waals surface area contributed by atoms with Crippen molar-refractivity contribution in [3.63, 3.8) is 0 Å². The molecule has 1 aliphatic rings. The molecule has 1 saturated carbocycles. The zero-order valence-corrected chi connectivity index (χ0v) is 24.5. The number of ether oxygens (including phenoxy) is 2. The largest absolute Gasteiger partial charge is 0.497 e. The van der Waals surface area contributed by atoms with Gasteiger partial charge in [0.2, 0.25) is 11.8 Å². The molecule has 0 radical (unpaired) electrons. The van der Waals surface area contributed by atoms with Gasteiger partial charge >= 0.3 is 0 Å². The lowest BCUT2D eigenvalue weighted by atomic mass is 10.1. The summed E-state index contributed by atoms with van der Waals surface area (Å²) >= 11 is 0. The molecular weight excluding hydrogens is 542 g/mol. The smallest absolute Gasteiger partial charge is 0.264 e. The highest BCUT2D eigenvalue weighted by atomic mass is 32.2. The number of anilines is 1. The highest BCUT2D eigenvalue weighted by Crippen LogP contribution is 2.36. The van der Waals surface area contributed by atoms with Gasteiger partial charge in [-0.05, 0) is 49.6 Å². The first kappa shape index (κ1) is 29.9. The minimum Gasteiger partial charge on any atom is -0.497 e. The summed E-state index contributed by atoms with van der Waals surface area (Å²) in [5, 5.41) is 3.07. The number of carbonyl (C=O) groups excluding carboxylic acids is 2. The average Bonchev–Trinajstić information content (AvgIpc) is 3.51. The SMILES string of the molecule is COc1ccc(OC)c(N(CC(=O)N(Cc2ccccc2)C(C)C(=O)NC2CCCC2)S(=O)(=O)c2ccccc2)c1. The summed E-state index contributed by atoms with van der Waals surface area (Å²) in [5.74, 6) is -0.156. The van der Waals surface area contributed by atoms with Crippen LogP contribution in [0.25, 0.3) is 0 Å². The van der Waals surface area contributed by atoms with Gasteiger partial charge < -0.3 is 19.7 Å². The lowest BCUT2D eigenvalue weighted by molar-refractivity contribution is -0.139. The Hall–Kier alpha value is -4.05. The van der Waals surface area contributed by atoms with Crippen LogP contribution < -0.4 is 19.1 Å². The number of rotatable bonds is 12. The normalized spacial score (nSPS) is 14.2. The van der Waals surface area contributed by atoms with E-state index in [-0.39, 0.29) is 34.8 Å². The van der Waals surface area contributed by atoms with Gasteiger partial charge in [-0.3, -0.25) is 13.9 Å². The fourth-order valence-corrected chi connectivity index (χ4v) is 6.42. The van der Waals surface area contributed by atoms with E-state index in [1.807, 2.05) is 30.3 Å². The van der Waals surface area contributed by atoms with Gasteiger partial charge in [0.25, 0.3) is 10.0 Å². The van der Waals surface area contributed by atoms with Crippen molar-refractivity contribution in [3.05, 3.63) is 84.4 Å². The van der Waals surface area contributed by atoms with Crippen molar-refractivity contribution < 1.29 is 27.5 Å². The summed E-state index contributed by atoms with van der Waals surface area (Å²) in [6.07, 6.45) is 3.93. The molecule has 0 spiro atoms. The zero-order chi connectivity index (χ0) is 29.4. The van der Waals surface area contributed by atoms with Crippen molar-refractivity contribution in [2.24, 2.45) is 0 Å². The van der Waals surface area contributed by atoms with E-state index in [1.54, 1.807) is 37.3 Å². The number of hydrogen-bond donors (Lipinski definition) is 1. The Balaban J connectivity index is 1.73. The van der Waals surface area contributed by atoms with Crippen LogP contribution in [0.15, 0.2) is 83.8 Å². The van der Waals surface area contributed by atoms with E-state index in [9.17, 15) is 18.0 Å². The fraction of sp³-hybridized carbons (Fsp3) is 0.355. The predicted molar refractivity (Wildman–Crippen MR) is 157 cm³/mol. The molecule has 2 amide bonds. The van der Waals surface area contributed by atoms with E-state index < -0.39 is 28.5 Å². The number of nitrogens with zero attached hydrogens (tertiary/aromatic N) is 2. The Kier molecular flexibility index (Phi) is 9.88. The van der Waals surface area contributed by atoms with Gasteiger partial charge in [0.15, 0.2) is 0 Å². The van der Waals surface area contributed by atoms with Crippen LogP contribution in [0, 0.1) is 0 Å². The third-order valence-electron chi connectivity index (χ3n) is 7.33. The van der Waals surface area contributed by atoms with Crippen molar-refractivity contribution in [2.75, 3.05) is 25.1 Å². The first-order chi connectivity index (χ1) is 19.7. The Labute approximate surface area is 242 Å². The van der Waals surface area contributed by atoms with Crippen LogP contribution in [0.3, 0.4) is 0 Å². The molecule has 0 aromatic heterocycles. The second-order valence-corrected chi connectivity index (χ2v) is 11.9. The van der Waals surface area contributed by atoms with Gasteiger partial charge in [0.05, 0.1) is 24.8 Å². The van der Waals surface area contributed by atoms with Gasteiger partial charge in [0.1, 0.15) is 24.1 Å².